The van der Waals surface area contributed by atoms with Gasteiger partial charge in [0.2, 0.25) is 0 Å². The summed E-state index contributed by atoms with van der Waals surface area (Å²) >= 11 is 0. The van der Waals surface area contributed by atoms with Crippen LogP contribution in [0.25, 0.3) is 11.4 Å². The zero-order valence-electron chi connectivity index (χ0n) is 14.2. The van der Waals surface area contributed by atoms with Gasteiger partial charge in [0.15, 0.2) is 0 Å². The van der Waals surface area contributed by atoms with Crippen LogP contribution in [-0.2, 0) is 11.8 Å². The summed E-state index contributed by atoms with van der Waals surface area (Å²) in [7, 11) is 3.66. The third kappa shape index (κ3) is 2.98. The van der Waals surface area contributed by atoms with Crippen LogP contribution >= 0.6 is 0 Å². The van der Waals surface area contributed by atoms with Gasteiger partial charge in [0.05, 0.1) is 6.10 Å². The van der Waals surface area contributed by atoms with E-state index in [1.165, 1.54) is 0 Å². The number of hydrogen-bond acceptors (Lipinski definition) is 3. The lowest BCUT2D eigenvalue weighted by molar-refractivity contribution is 0.121. The van der Waals surface area contributed by atoms with Crippen molar-refractivity contribution in [1.82, 2.24) is 9.55 Å². The van der Waals surface area contributed by atoms with Crippen molar-refractivity contribution in [2.75, 3.05) is 25.1 Å². The Morgan fingerprint density at radius 2 is 2.13 bits per heavy atom. The zero-order chi connectivity index (χ0) is 16.6. The molecule has 0 N–H and O–H groups in total. The van der Waals surface area contributed by atoms with Crippen LogP contribution in [0.5, 0.6) is 0 Å². The molecule has 0 radical (unpaired) electrons. The summed E-state index contributed by atoms with van der Waals surface area (Å²) in [6, 6.07) is 3.67. The lowest BCUT2D eigenvalue weighted by Crippen LogP contribution is -2.24. The number of hydrogen-bond donors (Lipinski definition) is 0. The maximum atomic E-state index is 14.8. The fraction of sp³-hybridized carbons (Fsp3) is 0.500. The van der Waals surface area contributed by atoms with E-state index >= 15 is 0 Å². The molecule has 5 heteroatoms. The number of rotatable bonds is 4. The molecule has 0 saturated carbocycles. The minimum atomic E-state index is -0.156. The SMILES string of the molecule is COC1CCN(c2cc(-c3nccn3C)cc(F)c2C(C)C)C1. The number of aromatic nitrogens is 2. The third-order valence-corrected chi connectivity index (χ3v) is 4.58. The normalized spacial score (nSPS) is 18.2. The van der Waals surface area contributed by atoms with Crippen LogP contribution < -0.4 is 4.90 Å². The highest BCUT2D eigenvalue weighted by Gasteiger charge is 2.27. The molecule has 0 amide bonds. The predicted molar refractivity (Wildman–Crippen MR) is 90.3 cm³/mol. The summed E-state index contributed by atoms with van der Waals surface area (Å²) < 4.78 is 22.2. The Balaban J connectivity index is 2.08. The molecule has 0 spiro atoms. The molecule has 1 atom stereocenters. The number of imidazole rings is 1. The highest BCUT2D eigenvalue weighted by Crippen LogP contribution is 2.36. The second-order valence-corrected chi connectivity index (χ2v) is 6.50. The molecular weight excluding hydrogens is 293 g/mol. The second-order valence-electron chi connectivity index (χ2n) is 6.50. The van der Waals surface area contributed by atoms with Gasteiger partial charge in [-0.3, -0.25) is 0 Å². The summed E-state index contributed by atoms with van der Waals surface area (Å²) in [4.78, 5) is 6.59. The first-order chi connectivity index (χ1) is 11.0. The van der Waals surface area contributed by atoms with Crippen molar-refractivity contribution in [2.24, 2.45) is 7.05 Å². The van der Waals surface area contributed by atoms with Crippen molar-refractivity contribution in [3.63, 3.8) is 0 Å². The smallest absolute Gasteiger partial charge is 0.139 e. The molecule has 2 heterocycles. The highest BCUT2D eigenvalue weighted by atomic mass is 19.1. The van der Waals surface area contributed by atoms with E-state index < -0.39 is 0 Å². The Bertz CT molecular complexity index is 696. The Hall–Kier alpha value is -1.88. The zero-order valence-corrected chi connectivity index (χ0v) is 14.2. The van der Waals surface area contributed by atoms with E-state index in [0.29, 0.717) is 0 Å². The molecule has 2 aromatic rings. The number of ether oxygens (including phenoxy) is 1. The van der Waals surface area contributed by atoms with Gasteiger partial charge in [-0.05, 0) is 24.5 Å². The van der Waals surface area contributed by atoms with Gasteiger partial charge in [-0.1, -0.05) is 13.8 Å². The van der Waals surface area contributed by atoms with Crippen molar-refractivity contribution in [3.8, 4) is 11.4 Å². The molecule has 1 saturated heterocycles. The fourth-order valence-electron chi connectivity index (χ4n) is 3.35. The first-order valence-corrected chi connectivity index (χ1v) is 8.10. The standard InChI is InChI=1S/C18H24FN3O/c1-12(2)17-15(19)9-13(18-20-6-8-21(18)3)10-16(17)22-7-5-14(11-22)23-4/h6,8-10,12,14H,5,7,11H2,1-4H3. The predicted octanol–water partition coefficient (Wildman–Crippen LogP) is 3.57. The van der Waals surface area contributed by atoms with Crippen molar-refractivity contribution >= 4 is 5.69 Å². The van der Waals surface area contributed by atoms with Gasteiger partial charge in [0.25, 0.3) is 0 Å². The van der Waals surface area contributed by atoms with Gasteiger partial charge >= 0.3 is 0 Å². The summed E-state index contributed by atoms with van der Waals surface area (Å²) in [5.74, 6) is 0.751. The Kier molecular flexibility index (Phi) is 4.39. The van der Waals surface area contributed by atoms with Gasteiger partial charge in [0.1, 0.15) is 11.6 Å². The van der Waals surface area contributed by atoms with E-state index in [1.807, 2.05) is 31.7 Å². The summed E-state index contributed by atoms with van der Waals surface area (Å²) in [6.45, 7) is 5.76. The Labute approximate surface area is 136 Å². The fourth-order valence-corrected chi connectivity index (χ4v) is 3.35. The van der Waals surface area contributed by atoms with E-state index in [2.05, 4.69) is 16.0 Å². The average Bonchev–Trinajstić information content (AvgIpc) is 3.14. The lowest BCUT2D eigenvalue weighted by atomic mass is 9.97. The quantitative estimate of drug-likeness (QED) is 0.863. The van der Waals surface area contributed by atoms with Crippen molar-refractivity contribution in [2.45, 2.75) is 32.3 Å². The largest absolute Gasteiger partial charge is 0.380 e. The van der Waals surface area contributed by atoms with Crippen LogP contribution in [-0.4, -0.2) is 35.9 Å². The van der Waals surface area contributed by atoms with Crippen molar-refractivity contribution in [3.05, 3.63) is 35.9 Å². The maximum Gasteiger partial charge on any atom is 0.139 e. The molecule has 1 aliphatic heterocycles. The van der Waals surface area contributed by atoms with E-state index in [0.717, 1.165) is 42.1 Å². The van der Waals surface area contributed by atoms with E-state index in [1.54, 1.807) is 19.4 Å². The van der Waals surface area contributed by atoms with E-state index in [-0.39, 0.29) is 17.8 Å². The Morgan fingerprint density at radius 3 is 2.70 bits per heavy atom. The number of methoxy groups -OCH3 is 1. The minimum absolute atomic E-state index is 0.127. The molecule has 1 aromatic carbocycles. The Morgan fingerprint density at radius 1 is 1.35 bits per heavy atom. The molecule has 23 heavy (non-hydrogen) atoms. The van der Waals surface area contributed by atoms with Gasteiger partial charge in [-0.2, -0.15) is 0 Å². The molecule has 3 rings (SSSR count). The first kappa shape index (κ1) is 16.0. The molecule has 1 fully saturated rings. The van der Waals surface area contributed by atoms with E-state index in [9.17, 15) is 4.39 Å². The number of aryl methyl sites for hydroxylation is 1. The summed E-state index contributed by atoms with van der Waals surface area (Å²) in [6.07, 6.45) is 4.80. The third-order valence-electron chi connectivity index (χ3n) is 4.58. The van der Waals surface area contributed by atoms with Crippen LogP contribution in [0.1, 0.15) is 31.7 Å². The average molecular weight is 317 g/mol. The molecule has 1 unspecified atom stereocenters. The molecule has 124 valence electrons. The molecule has 1 aromatic heterocycles. The number of anilines is 1. The van der Waals surface area contributed by atoms with Crippen LogP contribution in [0.3, 0.4) is 0 Å². The van der Waals surface area contributed by atoms with Gasteiger partial charge in [-0.15, -0.1) is 0 Å². The summed E-state index contributed by atoms with van der Waals surface area (Å²) in [5.41, 5.74) is 2.56. The number of benzene rings is 1. The maximum absolute atomic E-state index is 14.8. The van der Waals surface area contributed by atoms with E-state index in [4.69, 9.17) is 4.74 Å². The summed E-state index contributed by atoms with van der Waals surface area (Å²) in [5, 5.41) is 0. The van der Waals surface area contributed by atoms with Crippen molar-refractivity contribution in [1.29, 1.82) is 0 Å². The van der Waals surface area contributed by atoms with Gasteiger partial charge in [-0.25, -0.2) is 9.37 Å². The van der Waals surface area contributed by atoms with Gasteiger partial charge in [0, 0.05) is 56.5 Å². The minimum Gasteiger partial charge on any atom is -0.380 e. The van der Waals surface area contributed by atoms with Crippen LogP contribution in [0.4, 0.5) is 10.1 Å². The molecule has 0 aliphatic carbocycles. The molecule has 1 aliphatic rings. The van der Waals surface area contributed by atoms with Gasteiger partial charge < -0.3 is 14.2 Å². The molecule has 0 bridgehead atoms. The first-order valence-electron chi connectivity index (χ1n) is 8.10. The number of nitrogens with zero attached hydrogens (tertiary/aromatic N) is 3. The lowest BCUT2D eigenvalue weighted by Gasteiger charge is -2.25. The van der Waals surface area contributed by atoms with Crippen LogP contribution in [0, 0.1) is 5.82 Å². The highest BCUT2D eigenvalue weighted by molar-refractivity contribution is 5.68. The topological polar surface area (TPSA) is 30.3 Å². The monoisotopic (exact) mass is 317 g/mol. The second kappa shape index (κ2) is 6.32. The molecule has 4 nitrogen and oxygen atoms in total. The van der Waals surface area contributed by atoms with Crippen molar-refractivity contribution < 1.29 is 9.13 Å². The molecular formula is C18H24FN3O. The van der Waals surface area contributed by atoms with Crippen LogP contribution in [0.15, 0.2) is 24.5 Å². The van der Waals surface area contributed by atoms with Crippen LogP contribution in [0.2, 0.25) is 0 Å². The number of halogens is 1.